The van der Waals surface area contributed by atoms with Crippen molar-refractivity contribution >= 4 is 65.6 Å². The first-order valence-corrected chi connectivity index (χ1v) is 13.9. The lowest BCUT2D eigenvalue weighted by Gasteiger charge is -2.36. The lowest BCUT2D eigenvalue weighted by molar-refractivity contribution is 0.102. The maximum absolute atomic E-state index is 12.8. The smallest absolute Gasteiger partial charge is 0.258 e. The van der Waals surface area contributed by atoms with Crippen molar-refractivity contribution in [3.05, 3.63) is 68.8 Å². The summed E-state index contributed by atoms with van der Waals surface area (Å²) < 4.78 is 6.30. The van der Waals surface area contributed by atoms with Crippen LogP contribution >= 0.6 is 34.8 Å². The Labute approximate surface area is 199 Å². The van der Waals surface area contributed by atoms with Crippen LogP contribution in [0.25, 0.3) is 10.9 Å². The van der Waals surface area contributed by atoms with Crippen LogP contribution in [0.4, 0.5) is 5.69 Å². The predicted molar refractivity (Wildman–Crippen MR) is 133 cm³/mol. The highest BCUT2D eigenvalue weighted by Gasteiger charge is 2.37. The zero-order chi connectivity index (χ0) is 23.0. The standard InChI is InChI=1S/C23H25Cl3N2O2Si/c1-23(2,3)31(4,5)30-13-14-12-27-21-15(20(14)26)8-6-11-18(21)28-22(29)19-16(24)9-7-10-17(19)25/h6-12H,13H2,1-5H3,(H,28,29). The minimum atomic E-state index is -1.93. The molecule has 0 fully saturated rings. The van der Waals surface area contributed by atoms with Gasteiger partial charge in [0.05, 0.1) is 38.4 Å². The number of nitrogens with zero attached hydrogens (tertiary/aromatic N) is 1. The highest BCUT2D eigenvalue weighted by Crippen LogP contribution is 2.38. The average Bonchev–Trinajstić information content (AvgIpc) is 2.67. The summed E-state index contributed by atoms with van der Waals surface area (Å²) in [5, 5.41) is 4.81. The molecular weight excluding hydrogens is 471 g/mol. The minimum Gasteiger partial charge on any atom is -0.412 e. The van der Waals surface area contributed by atoms with Crippen molar-refractivity contribution in [3.8, 4) is 0 Å². The molecule has 0 atom stereocenters. The van der Waals surface area contributed by atoms with Crippen LogP contribution in [0.2, 0.25) is 33.2 Å². The van der Waals surface area contributed by atoms with E-state index in [1.54, 1.807) is 30.5 Å². The first kappa shape index (κ1) is 24.0. The van der Waals surface area contributed by atoms with Gasteiger partial charge in [0.2, 0.25) is 0 Å². The zero-order valence-corrected chi connectivity index (χ0v) is 21.4. The second-order valence-electron chi connectivity index (χ2n) is 8.90. The summed E-state index contributed by atoms with van der Waals surface area (Å²) in [6.45, 7) is 11.4. The van der Waals surface area contributed by atoms with E-state index < -0.39 is 14.2 Å². The molecule has 1 amide bonds. The molecule has 1 N–H and O–H groups in total. The third-order valence-electron chi connectivity index (χ3n) is 5.74. The number of benzene rings is 2. The fraction of sp³-hybridized carbons (Fsp3) is 0.304. The van der Waals surface area contributed by atoms with Gasteiger partial charge in [0.15, 0.2) is 8.32 Å². The number of carbonyl (C=O) groups excluding carboxylic acids is 1. The second kappa shape index (κ2) is 9.08. The van der Waals surface area contributed by atoms with Crippen molar-refractivity contribution in [2.75, 3.05) is 5.32 Å². The molecule has 2 aromatic carbocycles. The number of nitrogens with one attached hydrogen (secondary N) is 1. The maximum Gasteiger partial charge on any atom is 0.258 e. The SMILES string of the molecule is CC(C)(C)[Si](C)(C)OCc1cnc2c(NC(=O)c3c(Cl)cccc3Cl)cccc2c1Cl. The quantitative estimate of drug-likeness (QED) is 0.365. The summed E-state index contributed by atoms with van der Waals surface area (Å²) in [5.74, 6) is -0.411. The Morgan fingerprint density at radius 2 is 1.68 bits per heavy atom. The van der Waals surface area contributed by atoms with Crippen LogP contribution in [0.5, 0.6) is 0 Å². The van der Waals surface area contributed by atoms with Gasteiger partial charge in [-0.3, -0.25) is 9.78 Å². The molecule has 0 radical (unpaired) electrons. The van der Waals surface area contributed by atoms with Gasteiger partial charge in [0.25, 0.3) is 5.91 Å². The van der Waals surface area contributed by atoms with Crippen molar-refractivity contribution in [1.29, 1.82) is 0 Å². The monoisotopic (exact) mass is 494 g/mol. The van der Waals surface area contributed by atoms with Crippen LogP contribution < -0.4 is 5.32 Å². The van der Waals surface area contributed by atoms with E-state index in [-0.39, 0.29) is 20.6 Å². The molecule has 0 saturated heterocycles. The molecule has 3 aromatic rings. The maximum atomic E-state index is 12.8. The van der Waals surface area contributed by atoms with Crippen LogP contribution in [0, 0.1) is 0 Å². The minimum absolute atomic E-state index is 0.0984. The molecule has 8 heteroatoms. The van der Waals surface area contributed by atoms with Crippen LogP contribution in [-0.4, -0.2) is 19.2 Å². The lowest BCUT2D eigenvalue weighted by Crippen LogP contribution is -2.40. The number of para-hydroxylation sites is 1. The average molecular weight is 496 g/mol. The van der Waals surface area contributed by atoms with E-state index >= 15 is 0 Å². The Balaban J connectivity index is 1.91. The summed E-state index contributed by atoms with van der Waals surface area (Å²) >= 11 is 19.0. The van der Waals surface area contributed by atoms with Gasteiger partial charge in [-0.25, -0.2) is 0 Å². The Bertz CT molecular complexity index is 1120. The van der Waals surface area contributed by atoms with Crippen molar-refractivity contribution in [3.63, 3.8) is 0 Å². The van der Waals surface area contributed by atoms with Gasteiger partial charge in [-0.15, -0.1) is 0 Å². The summed E-state index contributed by atoms with van der Waals surface area (Å²) in [7, 11) is -1.93. The van der Waals surface area contributed by atoms with E-state index in [4.69, 9.17) is 39.2 Å². The summed E-state index contributed by atoms with van der Waals surface area (Å²) in [6, 6.07) is 10.4. The number of aromatic nitrogens is 1. The number of hydrogen-bond donors (Lipinski definition) is 1. The number of halogens is 3. The molecule has 0 aliphatic rings. The van der Waals surface area contributed by atoms with Gasteiger partial charge in [-0.2, -0.15) is 0 Å². The van der Waals surface area contributed by atoms with Gasteiger partial charge < -0.3 is 9.74 Å². The lowest BCUT2D eigenvalue weighted by atomic mass is 10.1. The van der Waals surface area contributed by atoms with Gasteiger partial charge in [0, 0.05) is 17.1 Å². The summed E-state index contributed by atoms with van der Waals surface area (Å²) in [4.78, 5) is 17.4. The second-order valence-corrected chi connectivity index (χ2v) is 14.9. The highest BCUT2D eigenvalue weighted by atomic mass is 35.5. The van der Waals surface area contributed by atoms with Gasteiger partial charge >= 0.3 is 0 Å². The molecule has 4 nitrogen and oxygen atoms in total. The van der Waals surface area contributed by atoms with E-state index in [0.717, 1.165) is 10.9 Å². The number of fused-ring (bicyclic) bond motifs is 1. The van der Waals surface area contributed by atoms with Crippen molar-refractivity contribution < 1.29 is 9.22 Å². The molecule has 1 aromatic heterocycles. The van der Waals surface area contributed by atoms with E-state index in [2.05, 4.69) is 44.2 Å². The van der Waals surface area contributed by atoms with Crippen LogP contribution in [0.1, 0.15) is 36.7 Å². The van der Waals surface area contributed by atoms with Crippen LogP contribution in [-0.2, 0) is 11.0 Å². The highest BCUT2D eigenvalue weighted by molar-refractivity contribution is 6.74. The molecule has 0 spiro atoms. The van der Waals surface area contributed by atoms with Gasteiger partial charge in [0.1, 0.15) is 0 Å². The van der Waals surface area contributed by atoms with Gasteiger partial charge in [-0.05, 0) is 36.3 Å². The Morgan fingerprint density at radius 3 is 2.29 bits per heavy atom. The van der Waals surface area contributed by atoms with E-state index in [0.29, 0.717) is 22.8 Å². The van der Waals surface area contributed by atoms with E-state index in [1.807, 2.05) is 12.1 Å². The fourth-order valence-electron chi connectivity index (χ4n) is 2.81. The first-order chi connectivity index (χ1) is 14.4. The molecule has 0 saturated carbocycles. The largest absolute Gasteiger partial charge is 0.412 e. The fourth-order valence-corrected chi connectivity index (χ4v) is 4.58. The van der Waals surface area contributed by atoms with Gasteiger partial charge in [-0.1, -0.05) is 73.8 Å². The van der Waals surface area contributed by atoms with E-state index in [9.17, 15) is 4.79 Å². The molecule has 0 unspecified atom stereocenters. The number of carbonyl (C=O) groups is 1. The summed E-state index contributed by atoms with van der Waals surface area (Å²) in [6.07, 6.45) is 1.70. The Kier molecular flexibility index (Phi) is 7.04. The molecular formula is C23H25Cl3N2O2Si. The number of hydrogen-bond acceptors (Lipinski definition) is 3. The third kappa shape index (κ3) is 5.07. The summed E-state index contributed by atoms with van der Waals surface area (Å²) in [5.41, 5.74) is 2.14. The molecule has 164 valence electrons. The Morgan fingerprint density at radius 1 is 1.06 bits per heavy atom. The molecule has 0 aliphatic heterocycles. The van der Waals surface area contributed by atoms with Crippen molar-refractivity contribution in [2.45, 2.75) is 45.5 Å². The van der Waals surface area contributed by atoms with Crippen molar-refractivity contribution in [1.82, 2.24) is 4.98 Å². The number of amides is 1. The third-order valence-corrected chi connectivity index (χ3v) is 11.3. The molecule has 1 heterocycles. The number of pyridine rings is 1. The Hall–Kier alpha value is -1.63. The first-order valence-electron chi connectivity index (χ1n) is 9.88. The van der Waals surface area contributed by atoms with Crippen molar-refractivity contribution in [2.24, 2.45) is 0 Å². The van der Waals surface area contributed by atoms with Crippen LogP contribution in [0.3, 0.4) is 0 Å². The predicted octanol–water partition coefficient (Wildman–Crippen LogP) is 7.97. The van der Waals surface area contributed by atoms with E-state index in [1.165, 1.54) is 0 Å². The topological polar surface area (TPSA) is 51.2 Å². The number of anilines is 1. The molecule has 0 bridgehead atoms. The zero-order valence-electron chi connectivity index (χ0n) is 18.1. The molecule has 0 aliphatic carbocycles. The number of rotatable bonds is 5. The normalized spacial score (nSPS) is 12.3. The molecule has 3 rings (SSSR count). The van der Waals surface area contributed by atoms with Crippen LogP contribution in [0.15, 0.2) is 42.6 Å². The molecule has 31 heavy (non-hydrogen) atoms.